The summed E-state index contributed by atoms with van der Waals surface area (Å²) in [4.78, 5) is 21.5. The van der Waals surface area contributed by atoms with Gasteiger partial charge in [-0.3, -0.25) is 4.98 Å². The largest absolute Gasteiger partial charge is 0.463 e. The van der Waals surface area contributed by atoms with Crippen molar-refractivity contribution >= 4 is 11.9 Å². The molecule has 0 bridgehead atoms. The van der Waals surface area contributed by atoms with Crippen molar-refractivity contribution in [3.05, 3.63) is 71.4 Å². The van der Waals surface area contributed by atoms with Gasteiger partial charge in [-0.05, 0) is 38.1 Å². The minimum Gasteiger partial charge on any atom is -0.463 e. The van der Waals surface area contributed by atoms with Crippen molar-refractivity contribution < 1.29 is 13.9 Å². The Morgan fingerprint density at radius 2 is 2.04 bits per heavy atom. The molecule has 142 valence electrons. The zero-order valence-electron chi connectivity index (χ0n) is 15.4. The van der Waals surface area contributed by atoms with Crippen molar-refractivity contribution in [2.45, 2.75) is 19.9 Å². The number of nitrogens with one attached hydrogen (secondary N) is 1. The fourth-order valence-electron chi connectivity index (χ4n) is 3.19. The molecule has 1 aromatic carbocycles. The van der Waals surface area contributed by atoms with Gasteiger partial charge in [-0.1, -0.05) is 18.2 Å². The molecule has 28 heavy (non-hydrogen) atoms. The van der Waals surface area contributed by atoms with E-state index in [2.05, 4.69) is 20.4 Å². The van der Waals surface area contributed by atoms with Gasteiger partial charge in [0.2, 0.25) is 5.95 Å². The minimum atomic E-state index is -0.635. The van der Waals surface area contributed by atoms with Gasteiger partial charge < -0.3 is 10.1 Å². The molecule has 8 heteroatoms. The van der Waals surface area contributed by atoms with E-state index in [1.165, 1.54) is 6.07 Å². The van der Waals surface area contributed by atoms with E-state index in [9.17, 15) is 9.18 Å². The molecule has 3 aromatic rings. The molecule has 0 saturated carbocycles. The average Bonchev–Trinajstić information content (AvgIpc) is 3.11. The Labute approximate surface area is 160 Å². The quantitative estimate of drug-likeness (QED) is 0.700. The lowest BCUT2D eigenvalue weighted by atomic mass is 10.00. The summed E-state index contributed by atoms with van der Waals surface area (Å²) in [6, 6.07) is 11.1. The lowest BCUT2D eigenvalue weighted by molar-refractivity contribution is -0.139. The summed E-state index contributed by atoms with van der Waals surface area (Å²) < 4.78 is 21.0. The maximum absolute atomic E-state index is 14.2. The highest BCUT2D eigenvalue weighted by atomic mass is 19.1. The molecular formula is C20H18FN5O2. The molecule has 3 heterocycles. The van der Waals surface area contributed by atoms with E-state index >= 15 is 0 Å². The summed E-state index contributed by atoms with van der Waals surface area (Å²) in [6.45, 7) is 3.76. The number of anilines is 1. The van der Waals surface area contributed by atoms with Crippen LogP contribution >= 0.6 is 0 Å². The first-order chi connectivity index (χ1) is 13.6. The van der Waals surface area contributed by atoms with Crippen LogP contribution in [0.25, 0.3) is 11.4 Å². The van der Waals surface area contributed by atoms with Crippen molar-refractivity contribution in [1.82, 2.24) is 19.7 Å². The van der Waals surface area contributed by atoms with E-state index in [0.717, 1.165) is 0 Å². The molecule has 0 fully saturated rings. The maximum Gasteiger partial charge on any atom is 0.338 e. The highest BCUT2D eigenvalue weighted by molar-refractivity contribution is 5.92. The number of ether oxygens (including phenoxy) is 1. The van der Waals surface area contributed by atoms with Gasteiger partial charge in [-0.2, -0.15) is 4.98 Å². The van der Waals surface area contributed by atoms with Gasteiger partial charge in [-0.15, -0.1) is 5.10 Å². The number of hydrogen-bond acceptors (Lipinski definition) is 6. The number of nitrogens with zero attached hydrogens (tertiary/aromatic N) is 4. The number of esters is 1. The maximum atomic E-state index is 14.2. The number of pyridine rings is 1. The van der Waals surface area contributed by atoms with Crippen molar-refractivity contribution in [2.75, 3.05) is 11.9 Å². The number of rotatable bonds is 4. The van der Waals surface area contributed by atoms with Gasteiger partial charge in [0.15, 0.2) is 5.82 Å². The van der Waals surface area contributed by atoms with E-state index in [-0.39, 0.29) is 18.0 Å². The Morgan fingerprint density at radius 1 is 1.25 bits per heavy atom. The monoisotopic (exact) mass is 379 g/mol. The molecule has 7 nitrogen and oxygen atoms in total. The Hall–Kier alpha value is -3.55. The van der Waals surface area contributed by atoms with E-state index in [1.54, 1.807) is 55.1 Å². The topological polar surface area (TPSA) is 81.9 Å². The zero-order valence-corrected chi connectivity index (χ0v) is 15.4. The Kier molecular flexibility index (Phi) is 4.60. The van der Waals surface area contributed by atoms with Gasteiger partial charge in [-0.25, -0.2) is 13.9 Å². The second-order valence-corrected chi connectivity index (χ2v) is 6.22. The molecule has 1 atom stereocenters. The van der Waals surface area contributed by atoms with Gasteiger partial charge in [0.25, 0.3) is 0 Å². The van der Waals surface area contributed by atoms with E-state index < -0.39 is 17.8 Å². The summed E-state index contributed by atoms with van der Waals surface area (Å²) in [6.07, 6.45) is 1.64. The van der Waals surface area contributed by atoms with E-state index in [1.807, 2.05) is 6.07 Å². The third-order valence-corrected chi connectivity index (χ3v) is 4.43. The number of aromatic nitrogens is 4. The first kappa shape index (κ1) is 17.8. The molecule has 0 saturated heterocycles. The summed E-state index contributed by atoms with van der Waals surface area (Å²) in [7, 11) is 0. The number of hydrogen-bond donors (Lipinski definition) is 1. The normalized spacial score (nSPS) is 15.8. The number of carbonyl (C=O) groups is 1. The molecule has 1 aliphatic heterocycles. The molecule has 4 rings (SSSR count). The molecule has 2 aromatic heterocycles. The Balaban J connectivity index is 1.87. The lowest BCUT2D eigenvalue weighted by Gasteiger charge is -2.27. The zero-order chi connectivity index (χ0) is 19.7. The van der Waals surface area contributed by atoms with Crippen LogP contribution in [0.15, 0.2) is 59.9 Å². The molecule has 0 aliphatic carbocycles. The van der Waals surface area contributed by atoms with Crippen molar-refractivity contribution in [2.24, 2.45) is 0 Å². The first-order valence-electron chi connectivity index (χ1n) is 8.87. The molecule has 0 radical (unpaired) electrons. The van der Waals surface area contributed by atoms with Crippen LogP contribution in [0, 0.1) is 5.82 Å². The molecule has 1 N–H and O–H groups in total. The van der Waals surface area contributed by atoms with Gasteiger partial charge in [0.1, 0.15) is 11.9 Å². The van der Waals surface area contributed by atoms with Crippen molar-refractivity contribution in [3.63, 3.8) is 0 Å². The van der Waals surface area contributed by atoms with Crippen LogP contribution < -0.4 is 5.32 Å². The fourth-order valence-corrected chi connectivity index (χ4v) is 3.19. The van der Waals surface area contributed by atoms with Crippen LogP contribution in [0.3, 0.4) is 0 Å². The second-order valence-electron chi connectivity index (χ2n) is 6.22. The van der Waals surface area contributed by atoms with Crippen LogP contribution in [0.5, 0.6) is 0 Å². The molecule has 1 unspecified atom stereocenters. The summed E-state index contributed by atoms with van der Waals surface area (Å²) in [5.41, 5.74) is 1.87. The average molecular weight is 379 g/mol. The number of fused-ring (bicyclic) bond motifs is 1. The lowest BCUT2D eigenvalue weighted by Crippen LogP contribution is -2.30. The van der Waals surface area contributed by atoms with Crippen LogP contribution in [0.1, 0.15) is 25.6 Å². The summed E-state index contributed by atoms with van der Waals surface area (Å²) in [5, 5.41) is 7.56. The third-order valence-electron chi connectivity index (χ3n) is 4.43. The summed E-state index contributed by atoms with van der Waals surface area (Å²) >= 11 is 0. The van der Waals surface area contributed by atoms with Crippen molar-refractivity contribution in [1.29, 1.82) is 0 Å². The number of benzene rings is 1. The number of carbonyl (C=O) groups excluding carboxylic acids is 1. The highest BCUT2D eigenvalue weighted by Gasteiger charge is 2.36. The van der Waals surface area contributed by atoms with Crippen molar-refractivity contribution in [3.8, 4) is 11.4 Å². The van der Waals surface area contributed by atoms with Crippen LogP contribution in [0.2, 0.25) is 0 Å². The van der Waals surface area contributed by atoms with Gasteiger partial charge >= 0.3 is 5.97 Å². The first-order valence-corrected chi connectivity index (χ1v) is 8.87. The SMILES string of the molecule is CCOC(=O)C1=C(C)Nc2nc(-c3ccccc3F)nn2C1c1ccccn1. The van der Waals surface area contributed by atoms with Gasteiger partial charge in [0, 0.05) is 11.9 Å². The van der Waals surface area contributed by atoms with Crippen LogP contribution in [-0.4, -0.2) is 32.3 Å². The molecule has 0 spiro atoms. The predicted molar refractivity (Wildman–Crippen MR) is 101 cm³/mol. The van der Waals surface area contributed by atoms with Crippen LogP contribution in [0.4, 0.5) is 10.3 Å². The number of allylic oxidation sites excluding steroid dienone is 1. The minimum absolute atomic E-state index is 0.222. The molecular weight excluding hydrogens is 361 g/mol. The van der Waals surface area contributed by atoms with E-state index in [0.29, 0.717) is 22.9 Å². The van der Waals surface area contributed by atoms with E-state index in [4.69, 9.17) is 4.74 Å². The van der Waals surface area contributed by atoms with Gasteiger partial charge in [0.05, 0.1) is 23.4 Å². The molecule has 0 amide bonds. The third kappa shape index (κ3) is 3.02. The summed E-state index contributed by atoms with van der Waals surface area (Å²) in [5.74, 6) is -0.259. The number of halogens is 1. The fraction of sp³-hybridized carbons (Fsp3) is 0.200. The second kappa shape index (κ2) is 7.22. The standard InChI is InChI=1S/C20H18FN5O2/c1-3-28-19(27)16-12(2)23-20-24-18(13-8-4-5-9-14(13)21)25-26(20)17(16)15-10-6-7-11-22-15/h4-11,17H,3H2,1-2H3,(H,23,24,25). The smallest absolute Gasteiger partial charge is 0.338 e. The highest BCUT2D eigenvalue weighted by Crippen LogP contribution is 2.36. The van der Waals surface area contributed by atoms with Crippen LogP contribution in [-0.2, 0) is 9.53 Å². The Morgan fingerprint density at radius 3 is 2.75 bits per heavy atom. The molecule has 1 aliphatic rings. The Bertz CT molecular complexity index is 1060. The predicted octanol–water partition coefficient (Wildman–Crippen LogP) is 3.33.